The number of nitrogens with one attached hydrogen (secondary N) is 1. The van der Waals surface area contributed by atoms with Gasteiger partial charge >= 0.3 is 0 Å². The molecule has 0 aromatic carbocycles. The third-order valence-corrected chi connectivity index (χ3v) is 5.70. The first-order valence-corrected chi connectivity index (χ1v) is 13.2. The highest BCUT2D eigenvalue weighted by Crippen LogP contribution is 2.12. The number of allylic oxidation sites excluding steroid dienone is 5. The van der Waals surface area contributed by atoms with Crippen molar-refractivity contribution in [2.45, 2.75) is 129 Å². The first-order chi connectivity index (χ1) is 15.7. The largest absolute Gasteiger partial charge is 0.394 e. The summed E-state index contributed by atoms with van der Waals surface area (Å²) in [5, 5.41) is 22.5. The Hall–Kier alpha value is -1.39. The van der Waals surface area contributed by atoms with Gasteiger partial charge in [-0.25, -0.2) is 0 Å². The Kier molecular flexibility index (Phi) is 23.2. The lowest BCUT2D eigenvalue weighted by atomic mass is 10.0. The minimum Gasteiger partial charge on any atom is -0.394 e. The van der Waals surface area contributed by atoms with Crippen molar-refractivity contribution in [3.05, 3.63) is 36.5 Å². The molecule has 0 aliphatic rings. The summed E-state index contributed by atoms with van der Waals surface area (Å²) < 4.78 is 0. The summed E-state index contributed by atoms with van der Waals surface area (Å²) in [4.78, 5) is 12.1. The van der Waals surface area contributed by atoms with Crippen molar-refractivity contribution >= 4 is 5.91 Å². The van der Waals surface area contributed by atoms with Crippen LogP contribution in [0.5, 0.6) is 0 Å². The Balaban J connectivity index is 3.79. The van der Waals surface area contributed by atoms with Crippen LogP contribution in [0.15, 0.2) is 36.5 Å². The van der Waals surface area contributed by atoms with E-state index in [1.165, 1.54) is 57.8 Å². The summed E-state index contributed by atoms with van der Waals surface area (Å²) in [6.45, 7) is 4.01. The van der Waals surface area contributed by atoms with Crippen LogP contribution in [0.2, 0.25) is 0 Å². The van der Waals surface area contributed by atoms with Crippen LogP contribution in [0, 0.1) is 0 Å². The fourth-order valence-corrected chi connectivity index (χ4v) is 3.62. The minimum absolute atomic E-state index is 0.0866. The number of aliphatic hydroxyl groups excluding tert-OH is 2. The standard InChI is InChI=1S/C28H51NO3/c1-3-5-7-9-11-13-14-16-18-20-22-24-28(32)29-26(25-30)27(31)23-21-19-17-15-12-10-8-6-4-2/h4,6,12,15,21,23,26-27,30-31H,3,5,7-11,13-14,16-20,22,24-25H2,1-2H3,(H,29,32)/b6-4+,15-12+,23-21+. The van der Waals surface area contributed by atoms with Gasteiger partial charge in [-0.05, 0) is 39.0 Å². The molecule has 0 heterocycles. The third-order valence-electron chi connectivity index (χ3n) is 5.70. The van der Waals surface area contributed by atoms with E-state index in [-0.39, 0.29) is 12.5 Å². The molecular formula is C28H51NO3. The van der Waals surface area contributed by atoms with E-state index in [2.05, 4.69) is 36.5 Å². The van der Waals surface area contributed by atoms with Crippen LogP contribution in [0.25, 0.3) is 0 Å². The van der Waals surface area contributed by atoms with Gasteiger partial charge in [-0.3, -0.25) is 4.79 Å². The van der Waals surface area contributed by atoms with E-state index in [1.807, 2.05) is 13.0 Å². The molecule has 0 saturated heterocycles. The van der Waals surface area contributed by atoms with Crippen molar-refractivity contribution < 1.29 is 15.0 Å². The molecule has 2 unspecified atom stereocenters. The molecule has 0 aliphatic carbocycles. The molecule has 0 radical (unpaired) electrons. The quantitative estimate of drug-likeness (QED) is 0.126. The van der Waals surface area contributed by atoms with E-state index in [1.54, 1.807) is 6.08 Å². The summed E-state index contributed by atoms with van der Waals surface area (Å²) in [5.74, 6) is -0.0866. The minimum atomic E-state index is -0.861. The lowest BCUT2D eigenvalue weighted by molar-refractivity contribution is -0.123. The molecule has 0 aromatic heterocycles. The van der Waals surface area contributed by atoms with Crippen LogP contribution < -0.4 is 5.32 Å². The fraction of sp³-hybridized carbons (Fsp3) is 0.750. The second-order valence-corrected chi connectivity index (χ2v) is 8.76. The maximum atomic E-state index is 12.1. The van der Waals surface area contributed by atoms with Crippen molar-refractivity contribution in [2.75, 3.05) is 6.61 Å². The van der Waals surface area contributed by atoms with E-state index in [0.29, 0.717) is 6.42 Å². The molecule has 0 saturated carbocycles. The highest BCUT2D eigenvalue weighted by molar-refractivity contribution is 5.76. The SMILES string of the molecule is C/C=C/CC/C=C/CC/C=C/C(O)C(CO)NC(=O)CCCCCCCCCCCCC. The predicted octanol–water partition coefficient (Wildman–Crippen LogP) is 6.77. The van der Waals surface area contributed by atoms with Crippen LogP contribution in [-0.4, -0.2) is 34.9 Å². The Morgan fingerprint density at radius 1 is 0.781 bits per heavy atom. The van der Waals surface area contributed by atoms with Crippen LogP contribution in [0.4, 0.5) is 0 Å². The number of hydrogen-bond donors (Lipinski definition) is 3. The maximum absolute atomic E-state index is 12.1. The number of amides is 1. The normalized spacial score (nSPS) is 14.0. The first-order valence-electron chi connectivity index (χ1n) is 13.2. The third kappa shape index (κ3) is 20.5. The smallest absolute Gasteiger partial charge is 0.220 e. The van der Waals surface area contributed by atoms with E-state index in [9.17, 15) is 15.0 Å². The van der Waals surface area contributed by atoms with Crippen molar-refractivity contribution in [1.82, 2.24) is 5.32 Å². The number of unbranched alkanes of at least 4 members (excludes halogenated alkanes) is 12. The first kappa shape index (κ1) is 30.6. The molecule has 4 nitrogen and oxygen atoms in total. The molecule has 32 heavy (non-hydrogen) atoms. The lowest BCUT2D eigenvalue weighted by Gasteiger charge is -2.19. The van der Waals surface area contributed by atoms with Crippen LogP contribution in [0.1, 0.15) is 117 Å². The molecule has 1 amide bonds. The monoisotopic (exact) mass is 449 g/mol. The fourth-order valence-electron chi connectivity index (χ4n) is 3.62. The number of hydrogen-bond acceptors (Lipinski definition) is 3. The zero-order valence-electron chi connectivity index (χ0n) is 20.9. The van der Waals surface area contributed by atoms with Gasteiger partial charge in [-0.15, -0.1) is 0 Å². The second-order valence-electron chi connectivity index (χ2n) is 8.76. The maximum Gasteiger partial charge on any atom is 0.220 e. The average Bonchev–Trinajstić information content (AvgIpc) is 2.79. The summed E-state index contributed by atoms with van der Waals surface area (Å²) in [7, 11) is 0. The van der Waals surface area contributed by atoms with Gasteiger partial charge in [0.15, 0.2) is 0 Å². The molecule has 3 N–H and O–H groups in total. The van der Waals surface area contributed by atoms with Gasteiger partial charge in [0.2, 0.25) is 5.91 Å². The molecule has 2 atom stereocenters. The lowest BCUT2D eigenvalue weighted by Crippen LogP contribution is -2.45. The summed E-state index contributed by atoms with van der Waals surface area (Å²) in [5.41, 5.74) is 0. The van der Waals surface area contributed by atoms with E-state index in [0.717, 1.165) is 38.5 Å². The van der Waals surface area contributed by atoms with Crippen LogP contribution >= 0.6 is 0 Å². The average molecular weight is 450 g/mol. The number of carbonyl (C=O) groups excluding carboxylic acids is 1. The van der Waals surface area contributed by atoms with E-state index >= 15 is 0 Å². The topological polar surface area (TPSA) is 69.6 Å². The summed E-state index contributed by atoms with van der Waals surface area (Å²) in [6.07, 6.45) is 29.4. The van der Waals surface area contributed by atoms with Crippen LogP contribution in [-0.2, 0) is 4.79 Å². The number of rotatable bonds is 22. The Morgan fingerprint density at radius 2 is 1.28 bits per heavy atom. The van der Waals surface area contributed by atoms with Crippen molar-refractivity contribution in [2.24, 2.45) is 0 Å². The van der Waals surface area contributed by atoms with Gasteiger partial charge in [0.1, 0.15) is 0 Å². The molecule has 0 spiro atoms. The molecule has 0 rings (SSSR count). The predicted molar refractivity (Wildman–Crippen MR) is 138 cm³/mol. The van der Waals surface area contributed by atoms with Gasteiger partial charge in [-0.1, -0.05) is 108 Å². The highest BCUT2D eigenvalue weighted by Gasteiger charge is 2.17. The second kappa shape index (κ2) is 24.3. The summed E-state index contributed by atoms with van der Waals surface area (Å²) in [6, 6.07) is -0.636. The Labute approximate surface area is 198 Å². The van der Waals surface area contributed by atoms with Gasteiger partial charge in [-0.2, -0.15) is 0 Å². The molecule has 186 valence electrons. The molecular weight excluding hydrogens is 398 g/mol. The number of aliphatic hydroxyl groups is 2. The Morgan fingerprint density at radius 3 is 1.81 bits per heavy atom. The van der Waals surface area contributed by atoms with Gasteiger partial charge < -0.3 is 15.5 Å². The Bertz CT molecular complexity index is 499. The molecule has 0 aromatic rings. The van der Waals surface area contributed by atoms with Crippen LogP contribution in [0.3, 0.4) is 0 Å². The zero-order valence-corrected chi connectivity index (χ0v) is 20.9. The number of carbonyl (C=O) groups is 1. The van der Waals surface area contributed by atoms with E-state index in [4.69, 9.17) is 0 Å². The van der Waals surface area contributed by atoms with Crippen molar-refractivity contribution in [3.8, 4) is 0 Å². The molecule has 4 heteroatoms. The molecule has 0 fully saturated rings. The highest BCUT2D eigenvalue weighted by atomic mass is 16.3. The van der Waals surface area contributed by atoms with Gasteiger partial charge in [0, 0.05) is 6.42 Å². The molecule has 0 aliphatic heterocycles. The molecule has 0 bridgehead atoms. The van der Waals surface area contributed by atoms with Gasteiger partial charge in [0.25, 0.3) is 0 Å². The van der Waals surface area contributed by atoms with Crippen molar-refractivity contribution in [1.29, 1.82) is 0 Å². The zero-order chi connectivity index (χ0) is 23.7. The van der Waals surface area contributed by atoms with E-state index < -0.39 is 12.1 Å². The summed E-state index contributed by atoms with van der Waals surface area (Å²) >= 11 is 0. The van der Waals surface area contributed by atoms with Crippen molar-refractivity contribution in [3.63, 3.8) is 0 Å². The van der Waals surface area contributed by atoms with Gasteiger partial charge in [0.05, 0.1) is 18.8 Å².